The van der Waals surface area contributed by atoms with Crippen LogP contribution in [0.15, 0.2) is 127 Å². The quantitative estimate of drug-likeness (QED) is 0.162. The van der Waals surface area contributed by atoms with Gasteiger partial charge in [-0.25, -0.2) is 0 Å². The Morgan fingerprint density at radius 3 is 2.23 bits per heavy atom. The fraction of sp³-hybridized carbons (Fsp3) is 0.277. The number of carbonyl (C=O) groups is 4. The molecule has 9 rings (SSSR count). The lowest BCUT2D eigenvalue weighted by Crippen LogP contribution is -2.59. The number of morpholine rings is 1. The molecule has 282 valence electrons. The van der Waals surface area contributed by atoms with Crippen molar-refractivity contribution < 1.29 is 33.8 Å². The van der Waals surface area contributed by atoms with Crippen LogP contribution < -0.4 is 14.5 Å². The molecule has 0 bridgehead atoms. The molecule has 2 aliphatic heterocycles. The highest BCUT2D eigenvalue weighted by molar-refractivity contribution is 6.31. The second-order valence-corrected chi connectivity index (χ2v) is 15.3. The fourth-order valence-corrected chi connectivity index (χ4v) is 10.0. The summed E-state index contributed by atoms with van der Waals surface area (Å²) < 4.78 is 10.9. The summed E-state index contributed by atoms with van der Waals surface area (Å²) in [5.41, 5.74) is 3.57. The Morgan fingerprint density at radius 1 is 0.821 bits per heavy atom. The van der Waals surface area contributed by atoms with E-state index < -0.39 is 35.0 Å². The lowest BCUT2D eigenvalue weighted by molar-refractivity contribution is -0.135. The zero-order valence-corrected chi connectivity index (χ0v) is 31.0. The van der Waals surface area contributed by atoms with E-state index in [1.165, 1.54) is 18.1 Å². The molecule has 9 heteroatoms. The number of phenols is 1. The third kappa shape index (κ3) is 5.63. The van der Waals surface area contributed by atoms with Crippen LogP contribution in [0.5, 0.6) is 11.5 Å². The van der Waals surface area contributed by atoms with Crippen molar-refractivity contribution in [2.24, 2.45) is 29.6 Å². The maximum Gasteiger partial charge on any atom is 0.238 e. The van der Waals surface area contributed by atoms with E-state index in [0.29, 0.717) is 42.2 Å². The Morgan fingerprint density at radius 2 is 1.52 bits per heavy atom. The number of rotatable bonds is 7. The van der Waals surface area contributed by atoms with Crippen LogP contribution in [-0.2, 0) is 29.3 Å². The molecule has 3 aliphatic carbocycles. The van der Waals surface area contributed by atoms with E-state index in [9.17, 15) is 14.7 Å². The van der Waals surface area contributed by atoms with E-state index in [1.807, 2.05) is 97.1 Å². The summed E-state index contributed by atoms with van der Waals surface area (Å²) in [6.07, 6.45) is 8.01. The fourth-order valence-electron chi connectivity index (χ4n) is 10.0. The summed E-state index contributed by atoms with van der Waals surface area (Å²) in [6, 6.07) is 31.4. The van der Waals surface area contributed by atoms with E-state index in [0.717, 1.165) is 35.5 Å². The van der Waals surface area contributed by atoms with E-state index in [4.69, 9.17) is 9.47 Å². The van der Waals surface area contributed by atoms with E-state index in [2.05, 4.69) is 11.0 Å². The molecule has 2 amide bonds. The van der Waals surface area contributed by atoms with Crippen molar-refractivity contribution in [3.05, 3.63) is 144 Å². The van der Waals surface area contributed by atoms with Gasteiger partial charge in [0, 0.05) is 36.2 Å². The molecule has 3 fully saturated rings. The smallest absolute Gasteiger partial charge is 0.238 e. The summed E-state index contributed by atoms with van der Waals surface area (Å²) in [6.45, 7) is 2.83. The molecule has 0 unspecified atom stereocenters. The Balaban J connectivity index is 1.17. The summed E-state index contributed by atoms with van der Waals surface area (Å²) in [5, 5.41) is 10.3. The lowest BCUT2D eigenvalue weighted by Gasteiger charge is -2.54. The van der Waals surface area contributed by atoms with Crippen LogP contribution in [0.3, 0.4) is 0 Å². The molecule has 0 radical (unpaired) electrons. The average molecular weight is 747 g/mol. The molecule has 6 atom stereocenters. The monoisotopic (exact) mass is 746 g/mol. The second kappa shape index (κ2) is 14.2. The van der Waals surface area contributed by atoms with Crippen LogP contribution in [0.4, 0.5) is 11.4 Å². The molecule has 2 heterocycles. The number of anilines is 2. The Bertz CT molecular complexity index is 2310. The minimum absolute atomic E-state index is 0.000525. The number of Topliss-reactive ketones (excluding diaryl/α,β-unsaturated/α-hetero) is 1. The summed E-state index contributed by atoms with van der Waals surface area (Å²) in [7, 11) is 1.48. The zero-order valence-electron chi connectivity index (χ0n) is 31.0. The van der Waals surface area contributed by atoms with Gasteiger partial charge in [-0.2, -0.15) is 0 Å². The van der Waals surface area contributed by atoms with Crippen molar-refractivity contribution in [3.8, 4) is 11.5 Å². The number of hydrogen-bond donors (Lipinski definition) is 1. The molecule has 4 aromatic rings. The molecule has 9 nitrogen and oxygen atoms in total. The van der Waals surface area contributed by atoms with Crippen LogP contribution in [0.25, 0.3) is 11.6 Å². The van der Waals surface area contributed by atoms with Gasteiger partial charge in [0.2, 0.25) is 11.8 Å². The van der Waals surface area contributed by atoms with Gasteiger partial charge < -0.3 is 19.5 Å². The van der Waals surface area contributed by atoms with E-state index in [-0.39, 0.29) is 35.6 Å². The Hall–Kier alpha value is -6.06. The van der Waals surface area contributed by atoms with Crippen molar-refractivity contribution in [3.63, 3.8) is 0 Å². The first kappa shape index (κ1) is 35.6. The van der Waals surface area contributed by atoms with Crippen molar-refractivity contribution >= 4 is 46.4 Å². The van der Waals surface area contributed by atoms with Crippen LogP contribution in [0.1, 0.15) is 29.5 Å². The largest absolute Gasteiger partial charge is 0.504 e. The minimum atomic E-state index is -1.32. The van der Waals surface area contributed by atoms with Gasteiger partial charge in [0.25, 0.3) is 0 Å². The predicted octanol–water partition coefficient (Wildman–Crippen LogP) is 6.81. The molecule has 4 aromatic carbocycles. The molecular weight excluding hydrogens is 705 g/mol. The maximum absolute atomic E-state index is 15.2. The molecule has 5 aliphatic rings. The standard InChI is InChI=1S/C47H42N2O7/c1-55-41-26-29(13-21-40(41)50)12-20-38-34-18-19-35-43(46(54)49(45(35)53)33-16-14-32(15-17-33)48-22-24-56-25-23-48)37(34)27-39-44(52)36(30-8-4-2-5-9-30)28-42(51)47(38,39)31-10-6-3-7-11-31/h2-18,20-21,26,28,35,37-39,43,50H,19,22-25,27H2,1H3/t35-,37+,38-,39-,43-,47-/m0/s1. The molecule has 56 heavy (non-hydrogen) atoms. The summed E-state index contributed by atoms with van der Waals surface area (Å²) >= 11 is 0. The Labute approximate surface area is 325 Å². The number of imide groups is 1. The highest BCUT2D eigenvalue weighted by Crippen LogP contribution is 2.61. The highest BCUT2D eigenvalue weighted by atomic mass is 16.5. The normalized spacial score (nSPS) is 27.4. The number of carbonyl (C=O) groups excluding carboxylic acids is 4. The number of phenolic OH excluding ortho intramolecular Hbond substituents is 1. The highest BCUT2D eigenvalue weighted by Gasteiger charge is 2.65. The summed E-state index contributed by atoms with van der Waals surface area (Å²) in [4.78, 5) is 62.9. The number of hydrogen-bond acceptors (Lipinski definition) is 8. The number of allylic oxidation sites excluding steroid dienone is 5. The molecule has 0 aromatic heterocycles. The Kier molecular flexibility index (Phi) is 9.05. The van der Waals surface area contributed by atoms with Gasteiger partial charge in [0.1, 0.15) is 0 Å². The van der Waals surface area contributed by atoms with Crippen molar-refractivity contribution in [2.45, 2.75) is 18.3 Å². The summed E-state index contributed by atoms with van der Waals surface area (Å²) in [5.74, 6) is -3.78. The number of nitrogens with zero attached hydrogens (tertiary/aromatic N) is 2. The van der Waals surface area contributed by atoms with Crippen LogP contribution in [0, 0.1) is 29.6 Å². The SMILES string of the molecule is COc1cc(C=C[C@H]2C3=CC[C@@H]4C(=O)N(c5ccc(N6CCOCC6)cc5)C(=O)[C@@H]4[C@@H]3C[C@H]3C(=O)C(c4ccccc4)=CC(=O)[C@@]23c2ccccc2)ccc1O. The molecule has 1 N–H and O–H groups in total. The lowest BCUT2D eigenvalue weighted by atomic mass is 9.45. The van der Waals surface area contributed by atoms with E-state index >= 15 is 9.59 Å². The third-order valence-corrected chi connectivity index (χ3v) is 12.6. The number of ether oxygens (including phenoxy) is 2. The number of fused-ring (bicyclic) bond motifs is 4. The average Bonchev–Trinajstić information content (AvgIpc) is 3.50. The first-order valence-corrected chi connectivity index (χ1v) is 19.3. The van der Waals surface area contributed by atoms with Crippen LogP contribution in [-0.4, -0.2) is 61.9 Å². The predicted molar refractivity (Wildman–Crippen MR) is 213 cm³/mol. The molecule has 1 saturated carbocycles. The van der Waals surface area contributed by atoms with Gasteiger partial charge in [0.15, 0.2) is 23.1 Å². The second-order valence-electron chi connectivity index (χ2n) is 15.3. The number of methoxy groups -OCH3 is 1. The van der Waals surface area contributed by atoms with Crippen LogP contribution in [0.2, 0.25) is 0 Å². The van der Waals surface area contributed by atoms with Gasteiger partial charge in [-0.15, -0.1) is 0 Å². The van der Waals surface area contributed by atoms with Crippen molar-refractivity contribution in [1.82, 2.24) is 0 Å². The van der Waals surface area contributed by atoms with Crippen molar-refractivity contribution in [1.29, 1.82) is 0 Å². The number of amides is 2. The van der Waals surface area contributed by atoms with Gasteiger partial charge in [-0.1, -0.05) is 90.5 Å². The van der Waals surface area contributed by atoms with Gasteiger partial charge in [-0.3, -0.25) is 24.1 Å². The first-order valence-electron chi connectivity index (χ1n) is 19.3. The van der Waals surface area contributed by atoms with Gasteiger partial charge in [-0.05, 0) is 77.9 Å². The first-order chi connectivity index (χ1) is 27.3. The molecule has 0 spiro atoms. The van der Waals surface area contributed by atoms with Crippen molar-refractivity contribution in [2.75, 3.05) is 43.2 Å². The zero-order chi connectivity index (χ0) is 38.6. The number of aromatic hydroxyl groups is 1. The molecular formula is C47H42N2O7. The topological polar surface area (TPSA) is 113 Å². The number of benzene rings is 4. The maximum atomic E-state index is 15.2. The minimum Gasteiger partial charge on any atom is -0.504 e. The van der Waals surface area contributed by atoms with Gasteiger partial charge >= 0.3 is 0 Å². The van der Waals surface area contributed by atoms with Gasteiger partial charge in [0.05, 0.1) is 43.3 Å². The molecule has 2 saturated heterocycles. The van der Waals surface area contributed by atoms with E-state index in [1.54, 1.807) is 18.2 Å². The third-order valence-electron chi connectivity index (χ3n) is 12.6. The number of ketones is 2. The van der Waals surface area contributed by atoms with Crippen LogP contribution >= 0.6 is 0 Å².